The standard InChI is InChI=1S/C27H28N4O2/c28-26(32)21-8-11-23-24(17-21)31-27(30-23)20-6-9-22(10-7-20)33-25(19-12-14-29-15-13-19)16-18-4-2-1-3-5-18/h1-11,17,19,25,29H,12-16H2,(H2,28,32)(H,30,31). The largest absolute Gasteiger partial charge is 0.490 e. The first-order valence-corrected chi connectivity index (χ1v) is 11.5. The molecule has 5 rings (SSSR count). The van der Waals surface area contributed by atoms with Gasteiger partial charge in [0.2, 0.25) is 5.91 Å². The predicted molar refractivity (Wildman–Crippen MR) is 130 cm³/mol. The highest BCUT2D eigenvalue weighted by molar-refractivity contribution is 5.96. The maximum Gasteiger partial charge on any atom is 0.248 e. The Morgan fingerprint density at radius 1 is 1.03 bits per heavy atom. The normalized spacial score (nSPS) is 15.4. The molecule has 1 atom stereocenters. The Labute approximate surface area is 193 Å². The van der Waals surface area contributed by atoms with E-state index in [1.54, 1.807) is 12.1 Å². The third-order valence-electron chi connectivity index (χ3n) is 6.37. The van der Waals surface area contributed by atoms with Crippen LogP contribution in [0.1, 0.15) is 28.8 Å². The average molecular weight is 441 g/mol. The zero-order chi connectivity index (χ0) is 22.6. The van der Waals surface area contributed by atoms with Gasteiger partial charge in [0.05, 0.1) is 11.0 Å². The minimum atomic E-state index is -0.457. The van der Waals surface area contributed by atoms with Crippen molar-refractivity contribution in [2.45, 2.75) is 25.4 Å². The molecular formula is C27H28N4O2. The van der Waals surface area contributed by atoms with Crippen LogP contribution in [0.15, 0.2) is 72.8 Å². The van der Waals surface area contributed by atoms with Crippen LogP contribution in [0, 0.1) is 5.92 Å². The SMILES string of the molecule is NC(=O)c1ccc2[nH]c(-c3ccc(OC(Cc4ccccc4)C4CCNCC4)cc3)nc2c1. The molecule has 1 aliphatic rings. The fraction of sp³-hybridized carbons (Fsp3) is 0.259. The van der Waals surface area contributed by atoms with E-state index < -0.39 is 5.91 Å². The Morgan fingerprint density at radius 3 is 2.52 bits per heavy atom. The molecule has 0 spiro atoms. The lowest BCUT2D eigenvalue weighted by atomic mass is 9.88. The second-order valence-corrected chi connectivity index (χ2v) is 8.64. The van der Waals surface area contributed by atoms with E-state index in [1.165, 1.54) is 5.56 Å². The van der Waals surface area contributed by atoms with Gasteiger partial charge in [-0.3, -0.25) is 4.79 Å². The van der Waals surface area contributed by atoms with Crippen molar-refractivity contribution in [1.82, 2.24) is 15.3 Å². The molecule has 1 aromatic heterocycles. The summed E-state index contributed by atoms with van der Waals surface area (Å²) in [7, 11) is 0. The van der Waals surface area contributed by atoms with E-state index in [4.69, 9.17) is 10.5 Å². The van der Waals surface area contributed by atoms with Crippen LogP contribution in [0.2, 0.25) is 0 Å². The van der Waals surface area contributed by atoms with Crippen LogP contribution in [0.3, 0.4) is 0 Å². The van der Waals surface area contributed by atoms with Gasteiger partial charge in [0.15, 0.2) is 0 Å². The van der Waals surface area contributed by atoms with Crippen molar-refractivity contribution in [3.8, 4) is 17.1 Å². The minimum absolute atomic E-state index is 0.138. The molecule has 168 valence electrons. The average Bonchev–Trinajstić information content (AvgIpc) is 3.29. The second kappa shape index (κ2) is 9.46. The van der Waals surface area contributed by atoms with E-state index in [9.17, 15) is 4.79 Å². The number of hydrogen-bond donors (Lipinski definition) is 3. The highest BCUT2D eigenvalue weighted by Gasteiger charge is 2.25. The molecule has 6 nitrogen and oxygen atoms in total. The number of fused-ring (bicyclic) bond motifs is 1. The number of nitrogens with one attached hydrogen (secondary N) is 2. The minimum Gasteiger partial charge on any atom is -0.490 e. The van der Waals surface area contributed by atoms with Crippen molar-refractivity contribution in [2.75, 3.05) is 13.1 Å². The van der Waals surface area contributed by atoms with Crippen molar-refractivity contribution in [3.63, 3.8) is 0 Å². The number of carbonyl (C=O) groups is 1. The summed E-state index contributed by atoms with van der Waals surface area (Å²) in [6, 6.07) is 23.9. The number of carbonyl (C=O) groups excluding carboxylic acids is 1. The highest BCUT2D eigenvalue weighted by Crippen LogP contribution is 2.28. The van der Waals surface area contributed by atoms with E-state index >= 15 is 0 Å². The molecule has 1 aliphatic heterocycles. The number of nitrogens with two attached hydrogens (primary N) is 1. The lowest BCUT2D eigenvalue weighted by Gasteiger charge is -2.31. The van der Waals surface area contributed by atoms with Crippen molar-refractivity contribution in [3.05, 3.63) is 83.9 Å². The topological polar surface area (TPSA) is 93.0 Å². The highest BCUT2D eigenvalue weighted by atomic mass is 16.5. The first kappa shape index (κ1) is 21.2. The molecule has 2 heterocycles. The number of piperidine rings is 1. The van der Waals surface area contributed by atoms with E-state index in [-0.39, 0.29) is 6.10 Å². The molecule has 3 aromatic carbocycles. The fourth-order valence-corrected chi connectivity index (χ4v) is 4.53. The molecule has 33 heavy (non-hydrogen) atoms. The van der Waals surface area contributed by atoms with Crippen LogP contribution in [0.25, 0.3) is 22.4 Å². The van der Waals surface area contributed by atoms with E-state index in [0.717, 1.165) is 60.5 Å². The van der Waals surface area contributed by atoms with Gasteiger partial charge in [-0.25, -0.2) is 4.98 Å². The van der Waals surface area contributed by atoms with Crippen molar-refractivity contribution in [2.24, 2.45) is 11.7 Å². The molecule has 1 saturated heterocycles. The second-order valence-electron chi connectivity index (χ2n) is 8.64. The van der Waals surface area contributed by atoms with Crippen molar-refractivity contribution >= 4 is 16.9 Å². The first-order chi connectivity index (χ1) is 16.2. The third-order valence-corrected chi connectivity index (χ3v) is 6.37. The van der Waals surface area contributed by atoms with Crippen LogP contribution in [-0.4, -0.2) is 35.1 Å². The van der Waals surface area contributed by atoms with Crippen LogP contribution in [0.5, 0.6) is 5.75 Å². The molecule has 4 N–H and O–H groups in total. The number of primary amides is 1. The van der Waals surface area contributed by atoms with Gasteiger partial charge in [0, 0.05) is 17.5 Å². The molecule has 0 radical (unpaired) electrons. The van der Waals surface area contributed by atoms with Gasteiger partial charge < -0.3 is 20.8 Å². The van der Waals surface area contributed by atoms with Crippen LogP contribution >= 0.6 is 0 Å². The Bertz CT molecular complexity index is 1230. The molecule has 1 fully saturated rings. The maximum absolute atomic E-state index is 11.4. The monoisotopic (exact) mass is 440 g/mol. The number of rotatable bonds is 7. The van der Waals surface area contributed by atoms with E-state index in [0.29, 0.717) is 11.5 Å². The zero-order valence-corrected chi connectivity index (χ0v) is 18.5. The molecule has 0 bridgehead atoms. The molecule has 4 aromatic rings. The van der Waals surface area contributed by atoms with E-state index in [1.807, 2.05) is 30.3 Å². The molecule has 6 heteroatoms. The van der Waals surface area contributed by atoms with Gasteiger partial charge in [-0.05, 0) is 79.9 Å². The van der Waals surface area contributed by atoms with Crippen molar-refractivity contribution in [1.29, 1.82) is 0 Å². The number of aromatic amines is 1. The predicted octanol–water partition coefficient (Wildman–Crippen LogP) is 4.32. The maximum atomic E-state index is 11.4. The summed E-state index contributed by atoms with van der Waals surface area (Å²) < 4.78 is 6.54. The molecule has 1 amide bonds. The molecule has 0 saturated carbocycles. The van der Waals surface area contributed by atoms with Crippen LogP contribution in [-0.2, 0) is 6.42 Å². The summed E-state index contributed by atoms with van der Waals surface area (Å²) in [5.41, 5.74) is 9.68. The van der Waals surface area contributed by atoms with Gasteiger partial charge in [-0.2, -0.15) is 0 Å². The fourth-order valence-electron chi connectivity index (χ4n) is 4.53. The number of aromatic nitrogens is 2. The molecular weight excluding hydrogens is 412 g/mol. The summed E-state index contributed by atoms with van der Waals surface area (Å²) in [4.78, 5) is 19.4. The number of hydrogen-bond acceptors (Lipinski definition) is 4. The summed E-state index contributed by atoms with van der Waals surface area (Å²) in [5, 5.41) is 3.45. The Kier molecular flexibility index (Phi) is 6.09. The zero-order valence-electron chi connectivity index (χ0n) is 18.5. The summed E-state index contributed by atoms with van der Waals surface area (Å²) in [5.74, 6) is 1.69. The van der Waals surface area contributed by atoms with E-state index in [2.05, 4.69) is 45.6 Å². The van der Waals surface area contributed by atoms with Gasteiger partial charge in [-0.15, -0.1) is 0 Å². The van der Waals surface area contributed by atoms with Gasteiger partial charge in [-0.1, -0.05) is 30.3 Å². The lowest BCUT2D eigenvalue weighted by Crippen LogP contribution is -2.38. The number of nitrogens with zero attached hydrogens (tertiary/aromatic N) is 1. The smallest absolute Gasteiger partial charge is 0.248 e. The van der Waals surface area contributed by atoms with Gasteiger partial charge in [0.25, 0.3) is 0 Å². The number of H-pyrrole nitrogens is 1. The number of imidazole rings is 1. The summed E-state index contributed by atoms with van der Waals surface area (Å²) >= 11 is 0. The number of ether oxygens (including phenoxy) is 1. The Morgan fingerprint density at radius 2 is 1.79 bits per heavy atom. The lowest BCUT2D eigenvalue weighted by molar-refractivity contribution is 0.100. The van der Waals surface area contributed by atoms with Crippen LogP contribution in [0.4, 0.5) is 0 Å². The van der Waals surface area contributed by atoms with Gasteiger partial charge >= 0.3 is 0 Å². The van der Waals surface area contributed by atoms with Crippen molar-refractivity contribution < 1.29 is 9.53 Å². The number of benzene rings is 3. The van der Waals surface area contributed by atoms with Crippen LogP contribution < -0.4 is 15.8 Å². The molecule has 0 aliphatic carbocycles. The Balaban J connectivity index is 1.35. The summed E-state index contributed by atoms with van der Waals surface area (Å²) in [6.45, 7) is 2.09. The third kappa shape index (κ3) is 4.91. The quantitative estimate of drug-likeness (QED) is 0.399. The first-order valence-electron chi connectivity index (χ1n) is 11.5. The Hall–Kier alpha value is -3.64. The number of amides is 1. The summed E-state index contributed by atoms with van der Waals surface area (Å²) in [6.07, 6.45) is 3.29. The van der Waals surface area contributed by atoms with Gasteiger partial charge in [0.1, 0.15) is 17.7 Å². The molecule has 1 unspecified atom stereocenters.